The van der Waals surface area contributed by atoms with Crippen LogP contribution >= 0.6 is 34.2 Å². The maximum absolute atomic E-state index is 12.0. The van der Waals surface area contributed by atoms with Crippen molar-refractivity contribution in [1.82, 2.24) is 0 Å². The maximum atomic E-state index is 12.0. The van der Waals surface area contributed by atoms with Gasteiger partial charge in [-0.25, -0.2) is 8.42 Å². The van der Waals surface area contributed by atoms with Crippen LogP contribution in [0.2, 0.25) is 5.02 Å². The van der Waals surface area contributed by atoms with Gasteiger partial charge < -0.3 is 0 Å². The third-order valence-corrected chi connectivity index (χ3v) is 5.54. The average molecular weight is 407 g/mol. The van der Waals surface area contributed by atoms with Crippen LogP contribution in [0.15, 0.2) is 41.3 Å². The van der Waals surface area contributed by atoms with Crippen LogP contribution in [0.4, 0.5) is 0 Å². The molecule has 0 aromatic heterocycles. The molecule has 0 amide bonds. The van der Waals surface area contributed by atoms with E-state index in [1.807, 2.05) is 31.2 Å². The van der Waals surface area contributed by atoms with Gasteiger partial charge in [0.1, 0.15) is 0 Å². The van der Waals surface area contributed by atoms with Gasteiger partial charge in [0, 0.05) is 26.0 Å². The molecule has 0 bridgehead atoms. The fraction of sp³-hybridized carbons (Fsp3) is 0.143. The van der Waals surface area contributed by atoms with Crippen molar-refractivity contribution in [2.24, 2.45) is 0 Å². The molecular weight excluding hydrogens is 395 g/mol. The third-order valence-electron chi connectivity index (χ3n) is 2.90. The van der Waals surface area contributed by atoms with Gasteiger partial charge in [-0.1, -0.05) is 29.8 Å². The van der Waals surface area contributed by atoms with Gasteiger partial charge in [-0.15, -0.1) is 0 Å². The van der Waals surface area contributed by atoms with E-state index < -0.39 is 9.84 Å². The number of rotatable bonds is 2. The smallest absolute Gasteiger partial charge is 0.176 e. The highest BCUT2D eigenvalue weighted by Crippen LogP contribution is 2.36. The molecular formula is C14H12ClIO2S. The summed E-state index contributed by atoms with van der Waals surface area (Å²) in [7, 11) is -3.30. The Labute approximate surface area is 131 Å². The Bertz CT molecular complexity index is 739. The molecule has 2 nitrogen and oxygen atoms in total. The molecule has 5 heteroatoms. The Morgan fingerprint density at radius 2 is 1.74 bits per heavy atom. The van der Waals surface area contributed by atoms with Gasteiger partial charge >= 0.3 is 0 Å². The summed E-state index contributed by atoms with van der Waals surface area (Å²) in [5.74, 6) is 0. The quantitative estimate of drug-likeness (QED) is 0.696. The first-order chi connectivity index (χ1) is 8.82. The minimum atomic E-state index is -3.30. The third kappa shape index (κ3) is 2.95. The lowest BCUT2D eigenvalue weighted by Gasteiger charge is -2.14. The van der Waals surface area contributed by atoms with Crippen molar-refractivity contribution in [2.75, 3.05) is 6.26 Å². The van der Waals surface area contributed by atoms with E-state index in [9.17, 15) is 8.42 Å². The van der Waals surface area contributed by atoms with Gasteiger partial charge in [-0.2, -0.15) is 0 Å². The van der Waals surface area contributed by atoms with E-state index in [4.69, 9.17) is 11.6 Å². The van der Waals surface area contributed by atoms with E-state index in [1.165, 1.54) is 6.26 Å². The number of sulfone groups is 1. The highest BCUT2D eigenvalue weighted by Gasteiger charge is 2.19. The molecule has 2 aromatic carbocycles. The number of hydrogen-bond donors (Lipinski definition) is 0. The van der Waals surface area contributed by atoms with E-state index in [-0.39, 0.29) is 0 Å². The Morgan fingerprint density at radius 3 is 2.32 bits per heavy atom. The largest absolute Gasteiger partial charge is 0.224 e. The summed E-state index contributed by atoms with van der Waals surface area (Å²) < 4.78 is 24.9. The van der Waals surface area contributed by atoms with Crippen LogP contribution in [-0.4, -0.2) is 14.7 Å². The lowest BCUT2D eigenvalue weighted by Crippen LogP contribution is -2.03. The van der Waals surface area contributed by atoms with Crippen molar-refractivity contribution in [2.45, 2.75) is 11.8 Å². The van der Waals surface area contributed by atoms with Crippen LogP contribution in [0.5, 0.6) is 0 Å². The number of hydrogen-bond acceptors (Lipinski definition) is 2. The highest BCUT2D eigenvalue weighted by molar-refractivity contribution is 14.1. The minimum absolute atomic E-state index is 0.318. The summed E-state index contributed by atoms with van der Waals surface area (Å²) in [5.41, 5.74) is 2.37. The zero-order valence-electron chi connectivity index (χ0n) is 10.4. The van der Waals surface area contributed by atoms with Crippen molar-refractivity contribution in [1.29, 1.82) is 0 Å². The SMILES string of the molecule is Cc1c(I)ccc(S(C)(=O)=O)c1-c1ccccc1Cl. The molecule has 100 valence electrons. The molecule has 2 aromatic rings. The Balaban J connectivity index is 2.90. The van der Waals surface area contributed by atoms with E-state index in [0.29, 0.717) is 15.5 Å². The summed E-state index contributed by atoms with van der Waals surface area (Å²) >= 11 is 8.40. The molecule has 0 saturated carbocycles. The molecule has 0 atom stereocenters. The van der Waals surface area contributed by atoms with Crippen LogP contribution in [0, 0.1) is 10.5 Å². The van der Waals surface area contributed by atoms with Crippen LogP contribution in [0.25, 0.3) is 11.1 Å². The Kier molecular flexibility index (Phi) is 4.23. The first-order valence-electron chi connectivity index (χ1n) is 5.56. The fourth-order valence-electron chi connectivity index (χ4n) is 1.97. The average Bonchev–Trinajstić information content (AvgIpc) is 2.32. The predicted octanol–water partition coefficient (Wildman–Crippen LogP) is 4.32. The summed E-state index contributed by atoms with van der Waals surface area (Å²) in [5, 5.41) is 0.553. The van der Waals surface area contributed by atoms with Crippen LogP contribution in [-0.2, 0) is 9.84 Å². The Hall–Kier alpha value is -0.590. The summed E-state index contributed by atoms with van der Waals surface area (Å²) in [6.07, 6.45) is 1.22. The van der Waals surface area contributed by atoms with Crippen molar-refractivity contribution < 1.29 is 8.42 Å². The minimum Gasteiger partial charge on any atom is -0.224 e. The van der Waals surface area contributed by atoms with E-state index in [0.717, 1.165) is 14.7 Å². The summed E-state index contributed by atoms with van der Waals surface area (Å²) in [6, 6.07) is 10.7. The topological polar surface area (TPSA) is 34.1 Å². The predicted molar refractivity (Wildman–Crippen MR) is 87.5 cm³/mol. The highest BCUT2D eigenvalue weighted by atomic mass is 127. The van der Waals surface area contributed by atoms with Crippen LogP contribution < -0.4 is 0 Å². The van der Waals surface area contributed by atoms with Gasteiger partial charge in [0.25, 0.3) is 0 Å². The second-order valence-electron chi connectivity index (χ2n) is 4.30. The molecule has 0 aliphatic heterocycles. The van der Waals surface area contributed by atoms with Gasteiger partial charge in [-0.05, 0) is 53.3 Å². The lowest BCUT2D eigenvalue weighted by atomic mass is 10.0. The second kappa shape index (κ2) is 5.42. The molecule has 0 radical (unpaired) electrons. The molecule has 0 saturated heterocycles. The molecule has 0 N–H and O–H groups in total. The molecule has 0 spiro atoms. The maximum Gasteiger partial charge on any atom is 0.176 e. The van der Waals surface area contributed by atoms with E-state index >= 15 is 0 Å². The molecule has 0 aliphatic carbocycles. The summed E-state index contributed by atoms with van der Waals surface area (Å²) in [4.78, 5) is 0.318. The van der Waals surface area contributed by atoms with Gasteiger partial charge in [-0.3, -0.25) is 0 Å². The number of benzene rings is 2. The second-order valence-corrected chi connectivity index (χ2v) is 7.85. The monoisotopic (exact) mass is 406 g/mol. The summed E-state index contributed by atoms with van der Waals surface area (Å²) in [6.45, 7) is 1.91. The Morgan fingerprint density at radius 1 is 1.11 bits per heavy atom. The molecule has 0 aliphatic rings. The van der Waals surface area contributed by atoms with E-state index in [2.05, 4.69) is 22.6 Å². The zero-order valence-corrected chi connectivity index (χ0v) is 14.2. The molecule has 0 fully saturated rings. The van der Waals surface area contributed by atoms with Crippen LogP contribution in [0.3, 0.4) is 0 Å². The molecule has 19 heavy (non-hydrogen) atoms. The van der Waals surface area contributed by atoms with Crippen molar-refractivity contribution >= 4 is 44.0 Å². The number of halogens is 2. The van der Waals surface area contributed by atoms with Gasteiger partial charge in [0.05, 0.1) is 4.90 Å². The lowest BCUT2D eigenvalue weighted by molar-refractivity contribution is 0.602. The van der Waals surface area contributed by atoms with Crippen molar-refractivity contribution in [3.8, 4) is 11.1 Å². The van der Waals surface area contributed by atoms with Crippen molar-refractivity contribution in [3.63, 3.8) is 0 Å². The standard InChI is InChI=1S/C14H12ClIO2S/c1-9-12(16)7-8-13(19(2,17)18)14(9)10-5-3-4-6-11(10)15/h3-8H,1-2H3. The first-order valence-corrected chi connectivity index (χ1v) is 8.91. The molecule has 0 unspecified atom stereocenters. The van der Waals surface area contributed by atoms with Crippen molar-refractivity contribution in [3.05, 3.63) is 50.6 Å². The van der Waals surface area contributed by atoms with Gasteiger partial charge in [0.15, 0.2) is 9.84 Å². The first kappa shape index (κ1) is 14.8. The molecule has 2 rings (SSSR count). The normalized spacial score (nSPS) is 11.6. The van der Waals surface area contributed by atoms with Crippen LogP contribution in [0.1, 0.15) is 5.56 Å². The van der Waals surface area contributed by atoms with E-state index in [1.54, 1.807) is 12.1 Å². The van der Waals surface area contributed by atoms with Gasteiger partial charge in [0.2, 0.25) is 0 Å². The molecule has 0 heterocycles. The zero-order chi connectivity index (χ0) is 14.2. The fourth-order valence-corrected chi connectivity index (χ4v) is 3.60.